The summed E-state index contributed by atoms with van der Waals surface area (Å²) < 4.78 is 31.2. The molecule has 4 rings (SSSR count). The first-order chi connectivity index (χ1) is 18.5. The summed E-state index contributed by atoms with van der Waals surface area (Å²) in [7, 11) is -2.11. The summed E-state index contributed by atoms with van der Waals surface area (Å²) in [6.07, 6.45) is 1.37. The Morgan fingerprint density at radius 1 is 1.15 bits per heavy atom. The number of sulfone groups is 1. The number of amides is 2. The molecule has 2 amide bonds. The number of hydrogen-bond acceptors (Lipinski definition) is 9. The summed E-state index contributed by atoms with van der Waals surface area (Å²) in [6.45, 7) is 3.48. The number of ether oxygens (including phenoxy) is 1. The first-order valence-electron chi connectivity index (χ1n) is 11.9. The minimum atomic E-state index is -3.57. The Morgan fingerprint density at radius 3 is 2.59 bits per heavy atom. The van der Waals surface area contributed by atoms with Crippen LogP contribution in [0.2, 0.25) is 5.02 Å². The van der Waals surface area contributed by atoms with Crippen LogP contribution in [0.3, 0.4) is 0 Å². The molecule has 0 spiro atoms. The maximum atomic E-state index is 12.8. The fraction of sp³-hybridized carbons (Fsp3) is 0.280. The van der Waals surface area contributed by atoms with Gasteiger partial charge in [0.2, 0.25) is 5.95 Å². The number of nitrogens with zero attached hydrogens (tertiary/aromatic N) is 4. The van der Waals surface area contributed by atoms with Crippen LogP contribution in [-0.4, -0.2) is 72.4 Å². The number of urea groups is 1. The lowest BCUT2D eigenvalue weighted by Crippen LogP contribution is -2.35. The van der Waals surface area contributed by atoms with Crippen molar-refractivity contribution in [1.29, 1.82) is 0 Å². The van der Waals surface area contributed by atoms with Gasteiger partial charge in [-0.2, -0.15) is 4.98 Å². The molecule has 3 aromatic rings. The number of methoxy groups -OCH3 is 1. The van der Waals surface area contributed by atoms with Crippen LogP contribution in [-0.2, 0) is 14.6 Å². The van der Waals surface area contributed by atoms with E-state index in [1.807, 2.05) is 0 Å². The maximum absolute atomic E-state index is 12.8. The topological polar surface area (TPSA) is 154 Å². The normalized spacial score (nSPS) is 13.6. The van der Waals surface area contributed by atoms with E-state index in [0.717, 1.165) is 0 Å². The molecule has 0 unspecified atom stereocenters. The van der Waals surface area contributed by atoms with Crippen molar-refractivity contribution in [2.75, 3.05) is 42.3 Å². The number of benzene rings is 2. The molecule has 1 fully saturated rings. The highest BCUT2D eigenvalue weighted by Crippen LogP contribution is 2.34. The number of aromatic nitrogens is 2. The van der Waals surface area contributed by atoms with E-state index in [-0.39, 0.29) is 28.2 Å². The third kappa shape index (κ3) is 5.99. The molecular weight excluding hydrogens is 548 g/mol. The summed E-state index contributed by atoms with van der Waals surface area (Å²) in [5.41, 5.74) is 1.36. The number of para-hydroxylation sites is 1. The molecule has 1 aromatic heterocycles. The van der Waals surface area contributed by atoms with Gasteiger partial charge in [0.1, 0.15) is 17.3 Å². The Bertz CT molecular complexity index is 1520. The van der Waals surface area contributed by atoms with Gasteiger partial charge in [0, 0.05) is 24.8 Å². The second kappa shape index (κ2) is 11.3. The third-order valence-corrected chi connectivity index (χ3v) is 8.46. The zero-order valence-electron chi connectivity index (χ0n) is 21.4. The average molecular weight is 575 g/mol. The van der Waals surface area contributed by atoms with E-state index >= 15 is 0 Å². The van der Waals surface area contributed by atoms with Crippen molar-refractivity contribution in [3.63, 3.8) is 0 Å². The summed E-state index contributed by atoms with van der Waals surface area (Å²) >= 11 is 6.32. The van der Waals surface area contributed by atoms with Crippen LogP contribution in [0.15, 0.2) is 53.6 Å². The minimum Gasteiger partial charge on any atom is -0.494 e. The molecule has 2 heterocycles. The van der Waals surface area contributed by atoms with Crippen molar-refractivity contribution in [2.24, 2.45) is 0 Å². The van der Waals surface area contributed by atoms with Crippen molar-refractivity contribution < 1.29 is 27.9 Å². The summed E-state index contributed by atoms with van der Waals surface area (Å²) in [4.78, 5) is 35.1. The highest BCUT2D eigenvalue weighted by molar-refractivity contribution is 7.92. The Hall–Kier alpha value is -4.10. The number of carboxylic acids is 1. The van der Waals surface area contributed by atoms with Gasteiger partial charge in [-0.1, -0.05) is 23.7 Å². The first kappa shape index (κ1) is 27.9. The lowest BCUT2D eigenvalue weighted by atomic mass is 10.2. The van der Waals surface area contributed by atoms with Crippen LogP contribution in [0.25, 0.3) is 0 Å². The molecule has 0 bridgehead atoms. The average Bonchev–Trinajstić information content (AvgIpc) is 3.25. The molecule has 0 atom stereocenters. The largest absolute Gasteiger partial charge is 0.494 e. The monoisotopic (exact) mass is 574 g/mol. The van der Waals surface area contributed by atoms with E-state index in [4.69, 9.17) is 21.4 Å². The van der Waals surface area contributed by atoms with Crippen molar-refractivity contribution in [3.05, 3.63) is 53.7 Å². The van der Waals surface area contributed by atoms with Crippen molar-refractivity contribution in [2.45, 2.75) is 24.0 Å². The van der Waals surface area contributed by atoms with Crippen molar-refractivity contribution in [1.82, 2.24) is 14.9 Å². The number of hydrogen-bond donors (Lipinski definition) is 3. The predicted octanol–water partition coefficient (Wildman–Crippen LogP) is 4.13. The highest BCUT2D eigenvalue weighted by Gasteiger charge is 2.31. The highest BCUT2D eigenvalue weighted by atomic mass is 35.5. The van der Waals surface area contributed by atoms with Gasteiger partial charge in [-0.25, -0.2) is 18.2 Å². The molecular formula is C25H27ClN6O6S. The van der Waals surface area contributed by atoms with E-state index in [1.54, 1.807) is 50.2 Å². The van der Waals surface area contributed by atoms with E-state index in [2.05, 4.69) is 20.6 Å². The van der Waals surface area contributed by atoms with Gasteiger partial charge in [-0.15, -0.1) is 0 Å². The molecule has 1 saturated heterocycles. The van der Waals surface area contributed by atoms with Crippen LogP contribution < -0.4 is 20.3 Å². The third-order valence-electron chi connectivity index (χ3n) is 5.98. The van der Waals surface area contributed by atoms with Crippen molar-refractivity contribution in [3.8, 4) is 5.75 Å². The van der Waals surface area contributed by atoms with Crippen LogP contribution >= 0.6 is 11.6 Å². The van der Waals surface area contributed by atoms with Gasteiger partial charge < -0.3 is 25.4 Å². The summed E-state index contributed by atoms with van der Waals surface area (Å²) in [5.74, 6) is -0.345. The van der Waals surface area contributed by atoms with E-state index in [9.17, 15) is 18.0 Å². The Labute approximate surface area is 230 Å². The minimum absolute atomic E-state index is 0.125. The zero-order chi connectivity index (χ0) is 28.3. The van der Waals surface area contributed by atoms with E-state index in [1.165, 1.54) is 29.2 Å². The molecule has 1 aliphatic rings. The summed E-state index contributed by atoms with van der Waals surface area (Å²) in [5, 5.41) is 14.6. The molecule has 2 aromatic carbocycles. The molecule has 3 N–H and O–H groups in total. The second-order valence-electron chi connectivity index (χ2n) is 8.86. The fourth-order valence-electron chi connectivity index (χ4n) is 3.92. The lowest BCUT2D eigenvalue weighted by molar-refractivity contribution is -0.137. The van der Waals surface area contributed by atoms with Gasteiger partial charge in [0.15, 0.2) is 15.7 Å². The second-order valence-corrected chi connectivity index (χ2v) is 11.7. The van der Waals surface area contributed by atoms with Crippen LogP contribution in [0.1, 0.15) is 13.8 Å². The van der Waals surface area contributed by atoms with Crippen LogP contribution in [0.4, 0.5) is 33.6 Å². The Morgan fingerprint density at radius 2 is 1.90 bits per heavy atom. The molecule has 1 aliphatic heterocycles. The Kier molecular flexibility index (Phi) is 8.11. The smallest absolute Gasteiger partial charge is 0.325 e. The number of aliphatic carboxylic acids is 1. The molecule has 0 saturated carbocycles. The number of rotatable bonds is 10. The quantitative estimate of drug-likeness (QED) is 0.322. The van der Waals surface area contributed by atoms with Gasteiger partial charge in [0.25, 0.3) is 0 Å². The first-order valence-corrected chi connectivity index (χ1v) is 13.8. The molecule has 39 heavy (non-hydrogen) atoms. The van der Waals surface area contributed by atoms with Gasteiger partial charge >= 0.3 is 12.0 Å². The van der Waals surface area contributed by atoms with Gasteiger partial charge in [-0.3, -0.25) is 9.69 Å². The lowest BCUT2D eigenvalue weighted by Gasteiger charge is -2.19. The fourth-order valence-corrected chi connectivity index (χ4v) is 5.26. The standard InChI is InChI=1S/C25H27ClN6O6S/c1-15(2)39(36,37)21-7-5-4-6-19(21)28-23-17(26)13-27-24(30-23)29-18-9-8-16(12-20(18)38-3)32-11-10-31(25(32)35)14-22(33)34/h4-9,12-13,15H,10-11,14H2,1-3H3,(H,33,34)(H2,27,28,29,30). The predicted molar refractivity (Wildman–Crippen MR) is 147 cm³/mol. The SMILES string of the molecule is COc1cc(N2CCN(CC(=O)O)C2=O)ccc1Nc1ncc(Cl)c(Nc2ccccc2S(=O)(=O)C(C)C)n1. The number of halogens is 1. The number of carboxylic acid groups (broad SMARTS) is 1. The van der Waals surface area contributed by atoms with Gasteiger partial charge in [0.05, 0.1) is 34.8 Å². The van der Waals surface area contributed by atoms with E-state index < -0.39 is 27.1 Å². The number of carbonyl (C=O) groups excluding carboxylic acids is 1. The van der Waals surface area contributed by atoms with Crippen LogP contribution in [0.5, 0.6) is 5.75 Å². The Balaban J connectivity index is 1.57. The summed E-state index contributed by atoms with van der Waals surface area (Å²) in [6, 6.07) is 11.1. The number of nitrogens with one attached hydrogen (secondary N) is 2. The number of anilines is 5. The van der Waals surface area contributed by atoms with E-state index in [0.29, 0.717) is 35.9 Å². The molecule has 0 aliphatic carbocycles. The molecule has 206 valence electrons. The van der Waals surface area contributed by atoms with Gasteiger partial charge in [-0.05, 0) is 38.1 Å². The number of carbonyl (C=O) groups is 2. The van der Waals surface area contributed by atoms with Crippen LogP contribution in [0, 0.1) is 0 Å². The maximum Gasteiger partial charge on any atom is 0.325 e. The molecule has 12 nitrogen and oxygen atoms in total. The molecule has 14 heteroatoms. The molecule has 0 radical (unpaired) electrons. The zero-order valence-corrected chi connectivity index (χ0v) is 23.0. The van der Waals surface area contributed by atoms with Crippen molar-refractivity contribution >= 4 is 62.3 Å².